The summed E-state index contributed by atoms with van der Waals surface area (Å²) >= 11 is 0. The molecule has 0 rings (SSSR count). The molecule has 0 fully saturated rings. The number of alkyl halides is 2. The van der Waals surface area contributed by atoms with Crippen molar-refractivity contribution in [3.8, 4) is 0 Å². The largest absolute Gasteiger partial charge is 0.481 e. The van der Waals surface area contributed by atoms with Crippen LogP contribution in [0.15, 0.2) is 0 Å². The van der Waals surface area contributed by atoms with Gasteiger partial charge in [0.15, 0.2) is 0 Å². The molecule has 0 aliphatic rings. The smallest absolute Gasteiger partial charge is 0.304 e. The summed E-state index contributed by atoms with van der Waals surface area (Å²) in [4.78, 5) is 11.5. The summed E-state index contributed by atoms with van der Waals surface area (Å²) in [6, 6.07) is 0. The molecule has 3 nitrogen and oxygen atoms in total. The van der Waals surface area contributed by atoms with Crippen LogP contribution in [0.25, 0.3) is 0 Å². The van der Waals surface area contributed by atoms with Crippen molar-refractivity contribution in [3.05, 3.63) is 0 Å². The van der Waals surface area contributed by atoms with E-state index >= 15 is 0 Å². The monoisotopic (exact) mass is 181 g/mol. The first-order chi connectivity index (χ1) is 5.56. The van der Waals surface area contributed by atoms with Crippen molar-refractivity contribution < 1.29 is 18.7 Å². The molecule has 0 aromatic heterocycles. The lowest BCUT2D eigenvalue weighted by Gasteiger charge is -2.18. The second-order valence-electron chi connectivity index (χ2n) is 2.43. The van der Waals surface area contributed by atoms with Crippen molar-refractivity contribution in [1.82, 2.24) is 4.90 Å². The van der Waals surface area contributed by atoms with Crippen molar-refractivity contribution in [2.24, 2.45) is 0 Å². The van der Waals surface area contributed by atoms with Gasteiger partial charge in [0.25, 0.3) is 6.43 Å². The minimum absolute atomic E-state index is 0.0828. The zero-order valence-electron chi connectivity index (χ0n) is 6.96. The van der Waals surface area contributed by atoms with Crippen LogP contribution in [0.1, 0.15) is 13.3 Å². The molecule has 0 saturated heterocycles. The lowest BCUT2D eigenvalue weighted by atomic mass is 10.4. The number of hydrogen-bond acceptors (Lipinski definition) is 2. The van der Waals surface area contributed by atoms with Gasteiger partial charge in [0.1, 0.15) is 0 Å². The molecular formula is C7H13F2NO2. The number of aliphatic carboxylic acids is 1. The normalized spacial score (nSPS) is 11.1. The summed E-state index contributed by atoms with van der Waals surface area (Å²) in [6.45, 7) is 2.03. The van der Waals surface area contributed by atoms with Gasteiger partial charge < -0.3 is 5.11 Å². The minimum atomic E-state index is -2.39. The first kappa shape index (κ1) is 11.3. The van der Waals surface area contributed by atoms with E-state index in [4.69, 9.17) is 5.11 Å². The van der Waals surface area contributed by atoms with E-state index in [9.17, 15) is 13.6 Å². The molecular weight excluding hydrogens is 168 g/mol. The van der Waals surface area contributed by atoms with E-state index in [1.54, 1.807) is 6.92 Å². The van der Waals surface area contributed by atoms with Crippen LogP contribution in [0.4, 0.5) is 8.78 Å². The third-order valence-electron chi connectivity index (χ3n) is 1.49. The molecule has 72 valence electrons. The van der Waals surface area contributed by atoms with Crippen molar-refractivity contribution in [3.63, 3.8) is 0 Å². The Labute approximate surface area is 70.0 Å². The topological polar surface area (TPSA) is 40.5 Å². The number of carbonyl (C=O) groups is 1. The van der Waals surface area contributed by atoms with Crippen molar-refractivity contribution in [2.45, 2.75) is 19.8 Å². The fraction of sp³-hybridized carbons (Fsp3) is 0.857. The number of nitrogens with zero attached hydrogens (tertiary/aromatic N) is 1. The zero-order valence-corrected chi connectivity index (χ0v) is 6.96. The number of halogens is 2. The standard InChI is InChI=1S/C7H13F2NO2/c1-2-10(5-6(8)9)4-3-7(11)12/h6H,2-5H2,1H3,(H,11,12). The SMILES string of the molecule is CCN(CCC(=O)O)CC(F)F. The fourth-order valence-corrected chi connectivity index (χ4v) is 0.827. The van der Waals surface area contributed by atoms with Crippen LogP contribution in [0.2, 0.25) is 0 Å². The Morgan fingerprint density at radius 1 is 1.58 bits per heavy atom. The highest BCUT2D eigenvalue weighted by Crippen LogP contribution is 1.98. The van der Waals surface area contributed by atoms with Gasteiger partial charge in [0, 0.05) is 6.54 Å². The summed E-state index contributed by atoms with van der Waals surface area (Å²) in [6.07, 6.45) is -2.47. The molecule has 0 atom stereocenters. The maximum absolute atomic E-state index is 11.8. The molecule has 0 bridgehead atoms. The van der Waals surface area contributed by atoms with E-state index in [-0.39, 0.29) is 19.5 Å². The first-order valence-corrected chi connectivity index (χ1v) is 3.78. The third-order valence-corrected chi connectivity index (χ3v) is 1.49. The maximum atomic E-state index is 11.8. The molecule has 0 aliphatic heterocycles. The molecule has 0 heterocycles. The summed E-state index contributed by atoms with van der Waals surface area (Å²) in [5.41, 5.74) is 0. The van der Waals surface area contributed by atoms with Crippen molar-refractivity contribution in [1.29, 1.82) is 0 Å². The van der Waals surface area contributed by atoms with E-state index in [0.717, 1.165) is 0 Å². The van der Waals surface area contributed by atoms with Gasteiger partial charge in [-0.05, 0) is 6.54 Å². The highest BCUT2D eigenvalue weighted by Gasteiger charge is 2.10. The molecule has 0 aliphatic carbocycles. The number of carboxylic acids is 1. The second kappa shape index (κ2) is 5.88. The number of rotatable bonds is 6. The summed E-state index contributed by atoms with van der Waals surface area (Å²) in [5, 5.41) is 8.28. The van der Waals surface area contributed by atoms with Crippen LogP contribution >= 0.6 is 0 Å². The van der Waals surface area contributed by atoms with Crippen molar-refractivity contribution in [2.75, 3.05) is 19.6 Å². The highest BCUT2D eigenvalue weighted by atomic mass is 19.3. The van der Waals surface area contributed by atoms with Crippen LogP contribution in [0.3, 0.4) is 0 Å². The quantitative estimate of drug-likeness (QED) is 0.665. The minimum Gasteiger partial charge on any atom is -0.481 e. The Kier molecular flexibility index (Phi) is 5.53. The van der Waals surface area contributed by atoms with Gasteiger partial charge in [-0.3, -0.25) is 9.69 Å². The molecule has 0 amide bonds. The predicted octanol–water partition coefficient (Wildman–Crippen LogP) is 1.05. The van der Waals surface area contributed by atoms with E-state index in [0.29, 0.717) is 6.54 Å². The zero-order chi connectivity index (χ0) is 9.56. The molecule has 0 aromatic carbocycles. The molecule has 1 N–H and O–H groups in total. The lowest BCUT2D eigenvalue weighted by molar-refractivity contribution is -0.137. The van der Waals surface area contributed by atoms with Gasteiger partial charge in [-0.1, -0.05) is 6.92 Å². The average Bonchev–Trinajstić information content (AvgIpc) is 1.97. The summed E-state index contributed by atoms with van der Waals surface area (Å²) in [7, 11) is 0. The number of carboxylic acid groups (broad SMARTS) is 1. The van der Waals surface area contributed by atoms with Gasteiger partial charge in [0.2, 0.25) is 0 Å². The van der Waals surface area contributed by atoms with Gasteiger partial charge in [-0.25, -0.2) is 8.78 Å². The first-order valence-electron chi connectivity index (χ1n) is 3.78. The Morgan fingerprint density at radius 3 is 2.50 bits per heavy atom. The fourth-order valence-electron chi connectivity index (χ4n) is 0.827. The van der Waals surface area contributed by atoms with Gasteiger partial charge >= 0.3 is 5.97 Å². The van der Waals surface area contributed by atoms with E-state index in [1.807, 2.05) is 0 Å². The Hall–Kier alpha value is -0.710. The molecule has 0 unspecified atom stereocenters. The van der Waals surface area contributed by atoms with Gasteiger partial charge in [0.05, 0.1) is 13.0 Å². The van der Waals surface area contributed by atoms with E-state index in [2.05, 4.69) is 0 Å². The molecule has 0 spiro atoms. The molecule has 5 heteroatoms. The summed E-state index contributed by atoms with van der Waals surface area (Å²) < 4.78 is 23.6. The molecule has 0 aromatic rings. The second-order valence-corrected chi connectivity index (χ2v) is 2.43. The Bertz CT molecular complexity index is 141. The molecule has 0 saturated carbocycles. The molecule has 12 heavy (non-hydrogen) atoms. The van der Waals surface area contributed by atoms with Gasteiger partial charge in [-0.2, -0.15) is 0 Å². The van der Waals surface area contributed by atoms with Crippen LogP contribution in [0, 0.1) is 0 Å². The van der Waals surface area contributed by atoms with E-state index in [1.165, 1.54) is 4.90 Å². The maximum Gasteiger partial charge on any atom is 0.304 e. The average molecular weight is 181 g/mol. The van der Waals surface area contributed by atoms with Crippen LogP contribution < -0.4 is 0 Å². The van der Waals surface area contributed by atoms with Gasteiger partial charge in [-0.15, -0.1) is 0 Å². The Balaban J connectivity index is 3.60. The highest BCUT2D eigenvalue weighted by molar-refractivity contribution is 5.66. The summed E-state index contributed by atoms with van der Waals surface area (Å²) in [5.74, 6) is -0.956. The van der Waals surface area contributed by atoms with Crippen LogP contribution in [-0.2, 0) is 4.79 Å². The Morgan fingerprint density at radius 2 is 2.17 bits per heavy atom. The number of hydrogen-bond donors (Lipinski definition) is 1. The van der Waals surface area contributed by atoms with Crippen LogP contribution in [-0.4, -0.2) is 42.0 Å². The molecule has 0 radical (unpaired) electrons. The lowest BCUT2D eigenvalue weighted by Crippen LogP contribution is -2.30. The van der Waals surface area contributed by atoms with E-state index < -0.39 is 12.4 Å². The predicted molar refractivity (Wildman–Crippen MR) is 40.4 cm³/mol. The third kappa shape index (κ3) is 6.03. The van der Waals surface area contributed by atoms with Crippen molar-refractivity contribution >= 4 is 5.97 Å². The van der Waals surface area contributed by atoms with Crippen LogP contribution in [0.5, 0.6) is 0 Å².